The van der Waals surface area contributed by atoms with Crippen molar-refractivity contribution >= 4 is 24.3 Å². The monoisotopic (exact) mass is 280 g/mol. The summed E-state index contributed by atoms with van der Waals surface area (Å²) in [6.45, 7) is 6.72. The van der Waals surface area contributed by atoms with Gasteiger partial charge in [-0.1, -0.05) is 0 Å². The summed E-state index contributed by atoms with van der Waals surface area (Å²) in [6.07, 6.45) is 0.408. The third-order valence-corrected chi connectivity index (χ3v) is 19.7. The molecular weight excluding hydrogens is 259 g/mol. The molecule has 0 radical (unpaired) electrons. The average Bonchev–Trinajstić information content (AvgIpc) is 2.08. The van der Waals surface area contributed by atoms with Gasteiger partial charge in [0.25, 0.3) is 0 Å². The zero-order valence-corrected chi connectivity index (χ0v) is 11.2. The average molecular weight is 279 g/mol. The van der Waals surface area contributed by atoms with Gasteiger partial charge in [-0.2, -0.15) is 0 Å². The van der Waals surface area contributed by atoms with Crippen molar-refractivity contribution in [1.29, 1.82) is 0 Å². The molecule has 0 saturated heterocycles. The van der Waals surface area contributed by atoms with Crippen LogP contribution in [0, 0.1) is 0 Å². The van der Waals surface area contributed by atoms with Gasteiger partial charge in [-0.05, 0) is 0 Å². The molecule has 0 aromatic rings. The second-order valence-electron chi connectivity index (χ2n) is 3.45. The molecule has 0 bridgehead atoms. The molecule has 0 aliphatic carbocycles. The van der Waals surface area contributed by atoms with Gasteiger partial charge in [-0.15, -0.1) is 0 Å². The maximum absolute atomic E-state index is 10.4. The van der Waals surface area contributed by atoms with Crippen LogP contribution in [0.15, 0.2) is 0 Å². The fraction of sp³-hybridized carbons (Fsp3) is 0.889. The zero-order chi connectivity index (χ0) is 9.61. The van der Waals surface area contributed by atoms with Gasteiger partial charge in [0.2, 0.25) is 0 Å². The molecular formula is C9H20O2Sn. The third kappa shape index (κ3) is 3.78. The Morgan fingerprint density at radius 1 is 1.17 bits per heavy atom. The maximum atomic E-state index is 10.4. The normalized spacial score (nSPS) is 11.6. The van der Waals surface area contributed by atoms with Gasteiger partial charge in [0.1, 0.15) is 0 Å². The summed E-state index contributed by atoms with van der Waals surface area (Å²) < 4.78 is 4.94. The van der Waals surface area contributed by atoms with Crippen LogP contribution in [0.4, 0.5) is 0 Å². The van der Waals surface area contributed by atoms with E-state index in [-0.39, 0.29) is 0 Å². The predicted molar refractivity (Wildman–Crippen MR) is 54.3 cm³/mol. The molecule has 0 amide bonds. The minimum absolute atomic E-state index is 0.408. The first-order valence-corrected chi connectivity index (χ1v) is 12.9. The molecule has 3 heteroatoms. The van der Waals surface area contributed by atoms with Gasteiger partial charge in [0.15, 0.2) is 0 Å². The molecule has 1 N–H and O–H groups in total. The SMILES string of the molecule is C[CH2][Sn]([CH2]C)([CH2]C)[CH2]CC(=O)O. The fourth-order valence-corrected chi connectivity index (χ4v) is 11.1. The van der Waals surface area contributed by atoms with E-state index in [0.29, 0.717) is 6.42 Å². The molecule has 0 aromatic heterocycles. The number of carboxylic acids is 1. The summed E-state index contributed by atoms with van der Waals surface area (Å²) in [5.41, 5.74) is 0. The van der Waals surface area contributed by atoms with Gasteiger partial charge in [-0.3, -0.25) is 0 Å². The van der Waals surface area contributed by atoms with Crippen molar-refractivity contribution in [2.45, 2.75) is 44.9 Å². The van der Waals surface area contributed by atoms with E-state index in [1.807, 2.05) is 0 Å². The van der Waals surface area contributed by atoms with E-state index < -0.39 is 24.3 Å². The Kier molecular flexibility index (Phi) is 5.97. The van der Waals surface area contributed by atoms with E-state index in [1.165, 1.54) is 13.3 Å². The van der Waals surface area contributed by atoms with Crippen LogP contribution in [0.1, 0.15) is 27.2 Å². The molecule has 2 nitrogen and oxygen atoms in total. The van der Waals surface area contributed by atoms with Crippen LogP contribution in [0.3, 0.4) is 0 Å². The van der Waals surface area contributed by atoms with E-state index in [2.05, 4.69) is 20.8 Å². The van der Waals surface area contributed by atoms with Crippen LogP contribution >= 0.6 is 0 Å². The number of hydrogen-bond donors (Lipinski definition) is 1. The van der Waals surface area contributed by atoms with E-state index in [0.717, 1.165) is 4.44 Å². The number of hydrogen-bond acceptors (Lipinski definition) is 1. The van der Waals surface area contributed by atoms with Crippen LogP contribution in [0.5, 0.6) is 0 Å². The molecule has 0 atom stereocenters. The number of carboxylic acid groups (broad SMARTS) is 1. The van der Waals surface area contributed by atoms with Crippen LogP contribution in [-0.2, 0) is 4.79 Å². The topological polar surface area (TPSA) is 37.3 Å². The second kappa shape index (κ2) is 5.84. The first-order chi connectivity index (χ1) is 5.60. The first-order valence-electron chi connectivity index (χ1n) is 4.82. The molecule has 0 spiro atoms. The van der Waals surface area contributed by atoms with Crippen molar-refractivity contribution in [2.75, 3.05) is 0 Å². The molecule has 0 fully saturated rings. The van der Waals surface area contributed by atoms with Crippen molar-refractivity contribution in [3.8, 4) is 0 Å². The quantitative estimate of drug-likeness (QED) is 0.759. The molecule has 0 unspecified atom stereocenters. The summed E-state index contributed by atoms with van der Waals surface area (Å²) in [6, 6.07) is 0. The molecule has 12 heavy (non-hydrogen) atoms. The van der Waals surface area contributed by atoms with Gasteiger partial charge < -0.3 is 0 Å². The zero-order valence-electron chi connectivity index (χ0n) is 8.39. The Morgan fingerprint density at radius 2 is 1.58 bits per heavy atom. The summed E-state index contributed by atoms with van der Waals surface area (Å²) in [5.74, 6) is -0.619. The summed E-state index contributed by atoms with van der Waals surface area (Å²) in [4.78, 5) is 10.4. The van der Waals surface area contributed by atoms with Crippen LogP contribution < -0.4 is 0 Å². The Morgan fingerprint density at radius 3 is 1.83 bits per heavy atom. The molecule has 72 valence electrons. The van der Waals surface area contributed by atoms with E-state index in [4.69, 9.17) is 5.11 Å². The number of carbonyl (C=O) groups is 1. The Labute approximate surface area is 79.2 Å². The third-order valence-electron chi connectivity index (χ3n) is 3.12. The van der Waals surface area contributed by atoms with Crippen LogP contribution in [0.2, 0.25) is 17.7 Å². The Hall–Kier alpha value is 0.269. The molecule has 0 aromatic carbocycles. The van der Waals surface area contributed by atoms with E-state index in [1.54, 1.807) is 0 Å². The van der Waals surface area contributed by atoms with E-state index >= 15 is 0 Å². The van der Waals surface area contributed by atoms with E-state index in [9.17, 15) is 4.79 Å². The van der Waals surface area contributed by atoms with Crippen LogP contribution in [-0.4, -0.2) is 29.5 Å². The summed E-state index contributed by atoms with van der Waals surface area (Å²) >= 11 is -1.90. The first kappa shape index (κ1) is 12.3. The van der Waals surface area contributed by atoms with Crippen molar-refractivity contribution < 1.29 is 9.90 Å². The van der Waals surface area contributed by atoms with Crippen molar-refractivity contribution in [3.05, 3.63) is 0 Å². The molecule has 0 aliphatic rings. The minimum atomic E-state index is -1.90. The molecule has 0 aliphatic heterocycles. The van der Waals surface area contributed by atoms with Crippen molar-refractivity contribution in [3.63, 3.8) is 0 Å². The molecule has 0 rings (SSSR count). The van der Waals surface area contributed by atoms with Gasteiger partial charge in [0, 0.05) is 0 Å². The van der Waals surface area contributed by atoms with Crippen molar-refractivity contribution in [2.24, 2.45) is 0 Å². The number of rotatable bonds is 6. The second-order valence-corrected chi connectivity index (χ2v) is 19.5. The van der Waals surface area contributed by atoms with Gasteiger partial charge in [-0.25, -0.2) is 0 Å². The Balaban J connectivity index is 4.01. The standard InChI is InChI=1S/C3H5O2.3C2H5.Sn/c1-2-3(4)5;3*1-2;/h1-2H2,(H,4,5);3*1H2,2H3;. The molecule has 0 heterocycles. The number of aliphatic carboxylic acids is 1. The van der Waals surface area contributed by atoms with Crippen molar-refractivity contribution in [1.82, 2.24) is 0 Å². The predicted octanol–water partition coefficient (Wildman–Crippen LogP) is 2.97. The van der Waals surface area contributed by atoms with Gasteiger partial charge in [0.05, 0.1) is 0 Å². The Bertz CT molecular complexity index is 133. The fourth-order valence-electron chi connectivity index (χ4n) is 1.65. The summed E-state index contributed by atoms with van der Waals surface area (Å²) in [7, 11) is 0. The molecule has 0 saturated carbocycles. The summed E-state index contributed by atoms with van der Waals surface area (Å²) in [5, 5.41) is 8.60. The van der Waals surface area contributed by atoms with Gasteiger partial charge >= 0.3 is 79.2 Å². The van der Waals surface area contributed by atoms with Crippen LogP contribution in [0.25, 0.3) is 0 Å².